The number of hydrogen-bond donors (Lipinski definition) is 1. The van der Waals surface area contributed by atoms with Crippen molar-refractivity contribution in [3.8, 4) is 0 Å². The molecule has 104 valence electrons. The van der Waals surface area contributed by atoms with Crippen LogP contribution in [0.4, 0.5) is 20.2 Å². The maximum absolute atomic E-state index is 12.8. The van der Waals surface area contributed by atoms with Gasteiger partial charge in [-0.25, -0.2) is 8.78 Å². The second-order valence-electron chi connectivity index (χ2n) is 4.95. The smallest absolute Gasteiger partial charge is 0.269 e. The van der Waals surface area contributed by atoms with Crippen LogP contribution in [0.2, 0.25) is 0 Å². The summed E-state index contributed by atoms with van der Waals surface area (Å²) in [5.41, 5.74) is 1.58. The van der Waals surface area contributed by atoms with Crippen LogP contribution in [0.15, 0.2) is 18.2 Å². The Kier molecular flexibility index (Phi) is 3.68. The molecule has 6 heteroatoms. The van der Waals surface area contributed by atoms with Crippen LogP contribution in [-0.4, -0.2) is 16.9 Å². The summed E-state index contributed by atoms with van der Waals surface area (Å²) in [5, 5.41) is 13.8. The predicted molar refractivity (Wildman–Crippen MR) is 68.7 cm³/mol. The van der Waals surface area contributed by atoms with Crippen LogP contribution < -0.4 is 5.32 Å². The molecule has 0 aliphatic heterocycles. The number of nitrogens with one attached hydrogen (secondary N) is 1. The third-order valence-electron chi connectivity index (χ3n) is 3.27. The molecular formula is C13H16F2N2O2. The van der Waals surface area contributed by atoms with Gasteiger partial charge in [0.1, 0.15) is 0 Å². The SMILES string of the molecule is CCCc1cc([N+](=O)[O-])ccc1NC1CC(F)(F)C1. The summed E-state index contributed by atoms with van der Waals surface area (Å²) in [5.74, 6) is -2.57. The van der Waals surface area contributed by atoms with Crippen LogP contribution >= 0.6 is 0 Å². The fourth-order valence-electron chi connectivity index (χ4n) is 2.29. The number of aryl methyl sites for hydroxylation is 1. The van der Waals surface area contributed by atoms with Crippen molar-refractivity contribution in [2.45, 2.75) is 44.6 Å². The average molecular weight is 270 g/mol. The highest BCUT2D eigenvalue weighted by molar-refractivity contribution is 5.57. The molecule has 1 aromatic rings. The van der Waals surface area contributed by atoms with Gasteiger partial charge in [0, 0.05) is 36.7 Å². The Morgan fingerprint density at radius 3 is 2.68 bits per heavy atom. The molecular weight excluding hydrogens is 254 g/mol. The number of halogens is 2. The van der Waals surface area contributed by atoms with Gasteiger partial charge in [0.15, 0.2) is 0 Å². The lowest BCUT2D eigenvalue weighted by Crippen LogP contribution is -2.44. The molecule has 0 bridgehead atoms. The van der Waals surface area contributed by atoms with Gasteiger partial charge in [0.25, 0.3) is 11.6 Å². The van der Waals surface area contributed by atoms with Crippen LogP contribution in [0.25, 0.3) is 0 Å². The minimum atomic E-state index is -2.57. The molecule has 0 unspecified atom stereocenters. The second-order valence-corrected chi connectivity index (χ2v) is 4.95. The van der Waals surface area contributed by atoms with Gasteiger partial charge in [0.05, 0.1) is 4.92 Å². The summed E-state index contributed by atoms with van der Waals surface area (Å²) in [6, 6.07) is 4.28. The highest BCUT2D eigenvalue weighted by atomic mass is 19.3. The van der Waals surface area contributed by atoms with Crippen LogP contribution in [0.1, 0.15) is 31.7 Å². The molecule has 0 atom stereocenters. The number of anilines is 1. The first-order chi connectivity index (χ1) is 8.91. The van der Waals surface area contributed by atoms with Gasteiger partial charge >= 0.3 is 0 Å². The summed E-state index contributed by atoms with van der Waals surface area (Å²) in [6.45, 7) is 1.97. The van der Waals surface area contributed by atoms with E-state index in [1.807, 2.05) is 6.92 Å². The van der Waals surface area contributed by atoms with Gasteiger partial charge < -0.3 is 5.32 Å². The molecule has 1 aromatic carbocycles. The monoisotopic (exact) mass is 270 g/mol. The fraction of sp³-hybridized carbons (Fsp3) is 0.538. The van der Waals surface area contributed by atoms with Gasteiger partial charge in [-0.1, -0.05) is 13.3 Å². The minimum Gasteiger partial charge on any atom is -0.382 e. The lowest BCUT2D eigenvalue weighted by atomic mass is 9.87. The van der Waals surface area contributed by atoms with Crippen molar-refractivity contribution >= 4 is 11.4 Å². The van der Waals surface area contributed by atoms with E-state index in [2.05, 4.69) is 5.32 Å². The van der Waals surface area contributed by atoms with Crippen LogP contribution in [0.5, 0.6) is 0 Å². The van der Waals surface area contributed by atoms with Crippen molar-refractivity contribution in [1.82, 2.24) is 0 Å². The van der Waals surface area contributed by atoms with E-state index in [1.54, 1.807) is 6.07 Å². The molecule has 4 nitrogen and oxygen atoms in total. The van der Waals surface area contributed by atoms with Crippen molar-refractivity contribution in [1.29, 1.82) is 0 Å². The Hall–Kier alpha value is -1.72. The van der Waals surface area contributed by atoms with E-state index in [9.17, 15) is 18.9 Å². The zero-order valence-corrected chi connectivity index (χ0v) is 10.7. The number of nitro groups is 1. The average Bonchev–Trinajstić information content (AvgIpc) is 2.29. The molecule has 0 radical (unpaired) electrons. The highest BCUT2D eigenvalue weighted by Crippen LogP contribution is 2.39. The summed E-state index contributed by atoms with van der Waals surface area (Å²) < 4.78 is 25.6. The molecule has 1 fully saturated rings. The fourth-order valence-corrected chi connectivity index (χ4v) is 2.29. The molecule has 19 heavy (non-hydrogen) atoms. The first kappa shape index (κ1) is 13.7. The maximum Gasteiger partial charge on any atom is 0.269 e. The van der Waals surface area contributed by atoms with E-state index in [0.29, 0.717) is 6.42 Å². The largest absolute Gasteiger partial charge is 0.382 e. The summed E-state index contributed by atoms with van der Waals surface area (Å²) in [6.07, 6.45) is 1.19. The molecule has 0 aromatic heterocycles. The lowest BCUT2D eigenvalue weighted by molar-refractivity contribution is -0.384. The van der Waals surface area contributed by atoms with E-state index in [-0.39, 0.29) is 24.6 Å². The van der Waals surface area contributed by atoms with Gasteiger partial charge in [0.2, 0.25) is 0 Å². The molecule has 0 heterocycles. The maximum atomic E-state index is 12.8. The lowest BCUT2D eigenvalue weighted by Gasteiger charge is -2.36. The molecule has 2 rings (SSSR count). The van der Waals surface area contributed by atoms with Crippen LogP contribution in [0, 0.1) is 10.1 Å². The molecule has 0 amide bonds. The Morgan fingerprint density at radius 1 is 1.47 bits per heavy atom. The Balaban J connectivity index is 2.13. The molecule has 1 aliphatic rings. The third kappa shape index (κ3) is 3.19. The van der Waals surface area contributed by atoms with E-state index < -0.39 is 10.8 Å². The Bertz CT molecular complexity index is 484. The van der Waals surface area contributed by atoms with Crippen molar-refractivity contribution in [2.75, 3.05) is 5.32 Å². The Labute approximate surface area is 110 Å². The van der Waals surface area contributed by atoms with E-state index in [4.69, 9.17) is 0 Å². The topological polar surface area (TPSA) is 55.2 Å². The van der Waals surface area contributed by atoms with Gasteiger partial charge in [-0.2, -0.15) is 0 Å². The zero-order chi connectivity index (χ0) is 14.0. The predicted octanol–water partition coefficient (Wildman–Crippen LogP) is 3.76. The van der Waals surface area contributed by atoms with E-state index in [0.717, 1.165) is 17.7 Å². The van der Waals surface area contributed by atoms with Crippen molar-refractivity contribution in [3.05, 3.63) is 33.9 Å². The summed E-state index contributed by atoms with van der Waals surface area (Å²) >= 11 is 0. The molecule has 0 saturated heterocycles. The number of hydrogen-bond acceptors (Lipinski definition) is 3. The third-order valence-corrected chi connectivity index (χ3v) is 3.27. The van der Waals surface area contributed by atoms with Crippen molar-refractivity contribution in [3.63, 3.8) is 0 Å². The van der Waals surface area contributed by atoms with E-state index >= 15 is 0 Å². The normalized spacial score (nSPS) is 17.8. The quantitative estimate of drug-likeness (QED) is 0.654. The minimum absolute atomic E-state index is 0.0351. The molecule has 1 N–H and O–H groups in total. The van der Waals surface area contributed by atoms with E-state index in [1.165, 1.54) is 12.1 Å². The number of non-ortho nitro benzene ring substituents is 1. The van der Waals surface area contributed by atoms with Gasteiger partial charge in [-0.05, 0) is 18.1 Å². The number of nitrogens with zero attached hydrogens (tertiary/aromatic N) is 1. The number of rotatable bonds is 5. The summed E-state index contributed by atoms with van der Waals surface area (Å²) in [4.78, 5) is 10.3. The van der Waals surface area contributed by atoms with Gasteiger partial charge in [-0.3, -0.25) is 10.1 Å². The molecule has 1 saturated carbocycles. The Morgan fingerprint density at radius 2 is 2.16 bits per heavy atom. The zero-order valence-electron chi connectivity index (χ0n) is 10.7. The molecule has 1 aliphatic carbocycles. The number of nitro benzene ring substituents is 1. The standard InChI is InChI=1S/C13H16F2N2O2/c1-2-3-9-6-11(17(18)19)4-5-12(9)16-10-7-13(14,15)8-10/h4-6,10,16H,2-3,7-8H2,1H3. The molecule has 0 spiro atoms. The first-order valence-electron chi connectivity index (χ1n) is 6.33. The number of benzene rings is 1. The number of alkyl halides is 2. The van der Waals surface area contributed by atoms with Crippen LogP contribution in [-0.2, 0) is 6.42 Å². The first-order valence-corrected chi connectivity index (χ1v) is 6.33. The summed E-state index contributed by atoms with van der Waals surface area (Å²) in [7, 11) is 0. The van der Waals surface area contributed by atoms with Crippen molar-refractivity contribution in [2.24, 2.45) is 0 Å². The van der Waals surface area contributed by atoms with Gasteiger partial charge in [-0.15, -0.1) is 0 Å². The van der Waals surface area contributed by atoms with Crippen LogP contribution in [0.3, 0.4) is 0 Å². The highest BCUT2D eigenvalue weighted by Gasteiger charge is 2.45. The van der Waals surface area contributed by atoms with Crippen molar-refractivity contribution < 1.29 is 13.7 Å². The second kappa shape index (κ2) is 5.11.